The van der Waals surface area contributed by atoms with E-state index in [2.05, 4.69) is 24.9 Å². The third-order valence-electron chi connectivity index (χ3n) is 4.24. The molecule has 2 atom stereocenters. The first-order valence-electron chi connectivity index (χ1n) is 7.19. The zero-order valence-corrected chi connectivity index (χ0v) is 11.7. The van der Waals surface area contributed by atoms with E-state index in [1.807, 2.05) is 0 Å². The molecule has 1 N–H and O–H groups in total. The normalized spacial score (nSPS) is 26.1. The highest BCUT2D eigenvalue weighted by Gasteiger charge is 2.35. The number of fused-ring (bicyclic) bond motifs is 1. The van der Waals surface area contributed by atoms with Gasteiger partial charge in [0.15, 0.2) is 5.69 Å². The molecule has 0 saturated carbocycles. The Morgan fingerprint density at radius 1 is 1.30 bits per heavy atom. The van der Waals surface area contributed by atoms with Gasteiger partial charge in [-0.3, -0.25) is 4.90 Å². The minimum absolute atomic E-state index is 0.240. The van der Waals surface area contributed by atoms with Gasteiger partial charge in [0.2, 0.25) is 0 Å². The van der Waals surface area contributed by atoms with Gasteiger partial charge in [-0.25, -0.2) is 14.8 Å². The molecule has 2 fully saturated rings. The van der Waals surface area contributed by atoms with Crippen LogP contribution < -0.4 is 5.32 Å². The van der Waals surface area contributed by atoms with Crippen LogP contribution in [0.2, 0.25) is 0 Å². The average molecular weight is 276 g/mol. The molecule has 3 rings (SSSR count). The van der Waals surface area contributed by atoms with Crippen molar-refractivity contribution in [1.29, 1.82) is 0 Å². The summed E-state index contributed by atoms with van der Waals surface area (Å²) in [7, 11) is 1.34. The molecule has 0 bridgehead atoms. The first-order valence-corrected chi connectivity index (χ1v) is 7.19. The number of carbonyl (C=O) groups excluding carboxylic acids is 1. The lowest BCUT2D eigenvalue weighted by Gasteiger charge is -2.32. The Kier molecular flexibility index (Phi) is 3.82. The van der Waals surface area contributed by atoms with Gasteiger partial charge in [-0.15, -0.1) is 0 Å². The van der Waals surface area contributed by atoms with Crippen molar-refractivity contribution in [3.05, 3.63) is 18.1 Å². The molecule has 0 amide bonds. The van der Waals surface area contributed by atoms with Gasteiger partial charge in [-0.2, -0.15) is 0 Å². The van der Waals surface area contributed by atoms with Gasteiger partial charge in [-0.05, 0) is 25.8 Å². The van der Waals surface area contributed by atoms with Crippen molar-refractivity contribution >= 4 is 11.8 Å². The Morgan fingerprint density at radius 2 is 2.20 bits per heavy atom. The summed E-state index contributed by atoms with van der Waals surface area (Å²) in [5.41, 5.74) is 0.240. The lowest BCUT2D eigenvalue weighted by molar-refractivity contribution is 0.0593. The quantitative estimate of drug-likeness (QED) is 0.839. The average Bonchev–Trinajstić information content (AvgIpc) is 2.91. The molecule has 6 nitrogen and oxygen atoms in total. The van der Waals surface area contributed by atoms with E-state index in [0.717, 1.165) is 18.8 Å². The molecule has 0 aromatic carbocycles. The fraction of sp³-hybridized carbons (Fsp3) is 0.643. The number of nitrogens with one attached hydrogen (secondary N) is 1. The van der Waals surface area contributed by atoms with Crippen LogP contribution in [-0.2, 0) is 4.74 Å². The summed E-state index contributed by atoms with van der Waals surface area (Å²) >= 11 is 0. The summed E-state index contributed by atoms with van der Waals surface area (Å²) in [6.07, 6.45) is 8.10. The number of piperidine rings is 1. The van der Waals surface area contributed by atoms with Crippen molar-refractivity contribution in [2.24, 2.45) is 0 Å². The second-order valence-corrected chi connectivity index (χ2v) is 5.42. The minimum Gasteiger partial charge on any atom is -0.464 e. The van der Waals surface area contributed by atoms with Crippen LogP contribution in [-0.4, -0.2) is 53.1 Å². The molecular formula is C14H20N4O2. The van der Waals surface area contributed by atoms with Gasteiger partial charge in [-0.1, -0.05) is 6.42 Å². The summed E-state index contributed by atoms with van der Waals surface area (Å²) in [5.74, 6) is 0.276. The molecule has 2 aliphatic rings. The van der Waals surface area contributed by atoms with E-state index in [1.54, 1.807) is 6.20 Å². The molecule has 0 radical (unpaired) electrons. The van der Waals surface area contributed by atoms with E-state index in [1.165, 1.54) is 39.1 Å². The molecule has 1 aromatic heterocycles. The number of rotatable bonds is 3. The first kappa shape index (κ1) is 13.3. The standard InChI is InChI=1S/C14H20N4O2/c1-20-14(19)11-8-16-13(9-15-11)17-10-5-7-18-6-3-2-4-12(10)18/h8-10,12H,2-7H2,1H3,(H,16,17). The molecule has 6 heteroatoms. The van der Waals surface area contributed by atoms with Crippen LogP contribution in [0.3, 0.4) is 0 Å². The van der Waals surface area contributed by atoms with E-state index in [-0.39, 0.29) is 5.69 Å². The van der Waals surface area contributed by atoms with Crippen LogP contribution in [0.25, 0.3) is 0 Å². The lowest BCUT2D eigenvalue weighted by atomic mass is 9.99. The number of esters is 1. The van der Waals surface area contributed by atoms with Gasteiger partial charge >= 0.3 is 5.97 Å². The van der Waals surface area contributed by atoms with E-state index < -0.39 is 5.97 Å². The van der Waals surface area contributed by atoms with Crippen molar-refractivity contribution in [2.75, 3.05) is 25.5 Å². The van der Waals surface area contributed by atoms with Crippen LogP contribution in [0.1, 0.15) is 36.2 Å². The van der Waals surface area contributed by atoms with Crippen molar-refractivity contribution in [3.8, 4) is 0 Å². The van der Waals surface area contributed by atoms with E-state index in [0.29, 0.717) is 12.1 Å². The van der Waals surface area contributed by atoms with Crippen LogP contribution in [0, 0.1) is 0 Å². The lowest BCUT2D eigenvalue weighted by Crippen LogP contribution is -2.41. The van der Waals surface area contributed by atoms with Crippen molar-refractivity contribution in [2.45, 2.75) is 37.8 Å². The molecule has 2 aliphatic heterocycles. The highest BCUT2D eigenvalue weighted by Crippen LogP contribution is 2.28. The van der Waals surface area contributed by atoms with Gasteiger partial charge in [0.05, 0.1) is 19.5 Å². The molecule has 20 heavy (non-hydrogen) atoms. The number of hydrogen-bond acceptors (Lipinski definition) is 6. The molecule has 2 saturated heterocycles. The van der Waals surface area contributed by atoms with Crippen molar-refractivity contribution < 1.29 is 9.53 Å². The van der Waals surface area contributed by atoms with Crippen LogP contribution in [0.4, 0.5) is 5.82 Å². The monoisotopic (exact) mass is 276 g/mol. The topological polar surface area (TPSA) is 67.3 Å². The number of carbonyl (C=O) groups is 1. The Hall–Kier alpha value is -1.69. The Balaban J connectivity index is 1.64. The maximum absolute atomic E-state index is 11.3. The largest absolute Gasteiger partial charge is 0.464 e. The number of anilines is 1. The predicted octanol–water partition coefficient (Wildman–Crippen LogP) is 1.30. The molecule has 0 aliphatic carbocycles. The highest BCUT2D eigenvalue weighted by molar-refractivity contribution is 5.86. The smallest absolute Gasteiger partial charge is 0.358 e. The van der Waals surface area contributed by atoms with Crippen LogP contribution in [0.15, 0.2) is 12.4 Å². The van der Waals surface area contributed by atoms with Crippen molar-refractivity contribution in [3.63, 3.8) is 0 Å². The van der Waals surface area contributed by atoms with Crippen molar-refractivity contribution in [1.82, 2.24) is 14.9 Å². The number of nitrogens with zero attached hydrogens (tertiary/aromatic N) is 3. The fourth-order valence-electron chi connectivity index (χ4n) is 3.22. The Bertz CT molecular complexity index is 477. The Morgan fingerprint density at radius 3 is 2.95 bits per heavy atom. The van der Waals surface area contributed by atoms with Gasteiger partial charge < -0.3 is 10.1 Å². The minimum atomic E-state index is -0.455. The summed E-state index contributed by atoms with van der Waals surface area (Å²) in [6.45, 7) is 2.38. The summed E-state index contributed by atoms with van der Waals surface area (Å²) in [5, 5.41) is 3.46. The number of methoxy groups -OCH3 is 1. The Labute approximate surface area is 118 Å². The van der Waals surface area contributed by atoms with Gasteiger partial charge in [0.1, 0.15) is 5.82 Å². The number of hydrogen-bond donors (Lipinski definition) is 1. The van der Waals surface area contributed by atoms with E-state index in [4.69, 9.17) is 0 Å². The molecule has 108 valence electrons. The van der Waals surface area contributed by atoms with E-state index in [9.17, 15) is 4.79 Å². The van der Waals surface area contributed by atoms with Crippen LogP contribution in [0.5, 0.6) is 0 Å². The SMILES string of the molecule is COC(=O)c1cnc(NC2CCN3CCCCC23)cn1. The van der Waals surface area contributed by atoms with Gasteiger partial charge in [0, 0.05) is 18.6 Å². The zero-order chi connectivity index (χ0) is 13.9. The molecule has 0 spiro atoms. The first-order chi connectivity index (χ1) is 9.78. The molecular weight excluding hydrogens is 256 g/mol. The number of aromatic nitrogens is 2. The summed E-state index contributed by atoms with van der Waals surface area (Å²) in [6, 6.07) is 1.06. The third kappa shape index (κ3) is 2.60. The fourth-order valence-corrected chi connectivity index (χ4v) is 3.22. The maximum atomic E-state index is 11.3. The maximum Gasteiger partial charge on any atom is 0.358 e. The number of ether oxygens (including phenoxy) is 1. The highest BCUT2D eigenvalue weighted by atomic mass is 16.5. The second kappa shape index (κ2) is 5.75. The molecule has 1 aromatic rings. The summed E-state index contributed by atoms with van der Waals surface area (Å²) in [4.78, 5) is 22.2. The second-order valence-electron chi connectivity index (χ2n) is 5.42. The molecule has 2 unspecified atom stereocenters. The zero-order valence-electron chi connectivity index (χ0n) is 11.7. The van der Waals surface area contributed by atoms with Crippen LogP contribution >= 0.6 is 0 Å². The third-order valence-corrected chi connectivity index (χ3v) is 4.24. The predicted molar refractivity (Wildman–Crippen MR) is 74.6 cm³/mol. The van der Waals surface area contributed by atoms with Gasteiger partial charge in [0.25, 0.3) is 0 Å². The molecule has 3 heterocycles. The summed E-state index contributed by atoms with van der Waals surface area (Å²) < 4.78 is 4.61. The van der Waals surface area contributed by atoms with E-state index >= 15 is 0 Å².